The molecule has 2 N–H and O–H groups in total. The molecule has 3 rings (SSSR count). The molecule has 1 unspecified atom stereocenters. The van der Waals surface area contributed by atoms with Crippen molar-refractivity contribution in [1.82, 2.24) is 15.2 Å². The van der Waals surface area contributed by atoms with Gasteiger partial charge in [0.15, 0.2) is 5.96 Å². The first-order valence-corrected chi connectivity index (χ1v) is 8.38. The van der Waals surface area contributed by atoms with Crippen molar-refractivity contribution in [3.63, 3.8) is 0 Å². The maximum Gasteiger partial charge on any atom is 0.193 e. The molecule has 5 heteroatoms. The van der Waals surface area contributed by atoms with E-state index < -0.39 is 0 Å². The standard InChI is InChI=1S/C18H25FN4/c1-13-4-3-9-23(12-13)18(20-2)21-8-7-14-11-22-17-6-5-15(19)10-16(14)17/h5-6,10-11,13,22H,3-4,7-9,12H2,1-2H3,(H,20,21). The lowest BCUT2D eigenvalue weighted by Crippen LogP contribution is -2.46. The molecule has 1 aromatic heterocycles. The normalized spacial score (nSPS) is 19.3. The largest absolute Gasteiger partial charge is 0.361 e. The average molecular weight is 316 g/mol. The maximum absolute atomic E-state index is 13.4. The molecule has 0 amide bonds. The summed E-state index contributed by atoms with van der Waals surface area (Å²) in [6, 6.07) is 4.87. The Kier molecular flexibility index (Phi) is 4.84. The number of nitrogens with zero attached hydrogens (tertiary/aromatic N) is 2. The van der Waals surface area contributed by atoms with Gasteiger partial charge in [0.25, 0.3) is 0 Å². The highest BCUT2D eigenvalue weighted by molar-refractivity contribution is 5.83. The molecule has 1 aromatic carbocycles. The third kappa shape index (κ3) is 3.66. The summed E-state index contributed by atoms with van der Waals surface area (Å²) in [5, 5.41) is 4.41. The lowest BCUT2D eigenvalue weighted by Gasteiger charge is -2.33. The Balaban J connectivity index is 1.60. The molecule has 1 saturated heterocycles. The van der Waals surface area contributed by atoms with Gasteiger partial charge in [0.1, 0.15) is 5.82 Å². The van der Waals surface area contributed by atoms with Gasteiger partial charge in [-0.05, 0) is 48.9 Å². The minimum Gasteiger partial charge on any atom is -0.361 e. The Morgan fingerprint density at radius 2 is 2.35 bits per heavy atom. The number of rotatable bonds is 3. The number of fused-ring (bicyclic) bond motifs is 1. The van der Waals surface area contributed by atoms with Crippen molar-refractivity contribution in [2.24, 2.45) is 10.9 Å². The summed E-state index contributed by atoms with van der Waals surface area (Å²) in [5.41, 5.74) is 2.12. The summed E-state index contributed by atoms with van der Waals surface area (Å²) in [5.74, 6) is 1.51. The maximum atomic E-state index is 13.4. The van der Waals surface area contributed by atoms with Gasteiger partial charge in [0.05, 0.1) is 0 Å². The first-order valence-electron chi connectivity index (χ1n) is 8.38. The number of likely N-dealkylation sites (tertiary alicyclic amines) is 1. The van der Waals surface area contributed by atoms with E-state index in [9.17, 15) is 4.39 Å². The van der Waals surface area contributed by atoms with Crippen LogP contribution in [0.4, 0.5) is 4.39 Å². The van der Waals surface area contributed by atoms with Crippen molar-refractivity contribution in [3.05, 3.63) is 35.8 Å². The molecule has 2 heterocycles. The van der Waals surface area contributed by atoms with E-state index in [-0.39, 0.29) is 5.82 Å². The number of aromatic amines is 1. The second kappa shape index (κ2) is 7.02. The van der Waals surface area contributed by atoms with E-state index in [1.807, 2.05) is 13.2 Å². The van der Waals surface area contributed by atoms with Crippen LogP contribution in [0.2, 0.25) is 0 Å². The van der Waals surface area contributed by atoms with Crippen LogP contribution in [0.15, 0.2) is 29.4 Å². The van der Waals surface area contributed by atoms with E-state index in [1.165, 1.54) is 18.9 Å². The number of hydrogen-bond acceptors (Lipinski definition) is 1. The highest BCUT2D eigenvalue weighted by Gasteiger charge is 2.18. The molecule has 2 aromatic rings. The van der Waals surface area contributed by atoms with E-state index in [4.69, 9.17) is 0 Å². The molecule has 0 radical (unpaired) electrons. The van der Waals surface area contributed by atoms with Gasteiger partial charge in [-0.1, -0.05) is 6.92 Å². The Bertz CT molecular complexity index is 691. The zero-order valence-electron chi connectivity index (χ0n) is 13.9. The number of hydrogen-bond donors (Lipinski definition) is 2. The Labute approximate surface area is 136 Å². The average Bonchev–Trinajstić information content (AvgIpc) is 2.94. The Morgan fingerprint density at radius 3 is 3.13 bits per heavy atom. The molecule has 0 saturated carbocycles. The van der Waals surface area contributed by atoms with Crippen LogP contribution in [0.1, 0.15) is 25.3 Å². The number of aromatic nitrogens is 1. The van der Waals surface area contributed by atoms with Gasteiger partial charge in [-0.3, -0.25) is 4.99 Å². The summed E-state index contributed by atoms with van der Waals surface area (Å²) in [6.07, 6.45) is 5.33. The van der Waals surface area contributed by atoms with Crippen LogP contribution in [-0.2, 0) is 6.42 Å². The van der Waals surface area contributed by atoms with Crippen molar-refractivity contribution in [2.45, 2.75) is 26.2 Å². The minimum atomic E-state index is -0.190. The highest BCUT2D eigenvalue weighted by atomic mass is 19.1. The van der Waals surface area contributed by atoms with Crippen molar-refractivity contribution < 1.29 is 4.39 Å². The molecule has 0 aliphatic carbocycles. The third-order valence-corrected chi connectivity index (χ3v) is 4.58. The molecular weight excluding hydrogens is 291 g/mol. The minimum absolute atomic E-state index is 0.190. The monoisotopic (exact) mass is 316 g/mol. The Morgan fingerprint density at radius 1 is 1.48 bits per heavy atom. The van der Waals surface area contributed by atoms with Crippen LogP contribution < -0.4 is 5.32 Å². The van der Waals surface area contributed by atoms with Crippen molar-refractivity contribution >= 4 is 16.9 Å². The first-order chi connectivity index (χ1) is 11.2. The van der Waals surface area contributed by atoms with Gasteiger partial charge in [0, 0.05) is 43.8 Å². The molecule has 1 aliphatic rings. The fourth-order valence-corrected chi connectivity index (χ4v) is 3.38. The topological polar surface area (TPSA) is 43.4 Å². The number of nitrogens with one attached hydrogen (secondary N) is 2. The van der Waals surface area contributed by atoms with E-state index in [0.29, 0.717) is 0 Å². The van der Waals surface area contributed by atoms with Crippen molar-refractivity contribution in [2.75, 3.05) is 26.7 Å². The van der Waals surface area contributed by atoms with Crippen LogP contribution in [0.25, 0.3) is 10.9 Å². The van der Waals surface area contributed by atoms with Crippen molar-refractivity contribution in [3.8, 4) is 0 Å². The summed E-state index contributed by atoms with van der Waals surface area (Å²) < 4.78 is 13.4. The van der Waals surface area contributed by atoms with Gasteiger partial charge in [0.2, 0.25) is 0 Å². The molecule has 0 bridgehead atoms. The second-order valence-electron chi connectivity index (χ2n) is 6.42. The third-order valence-electron chi connectivity index (χ3n) is 4.58. The van der Waals surface area contributed by atoms with Gasteiger partial charge in [-0.2, -0.15) is 0 Å². The van der Waals surface area contributed by atoms with Crippen LogP contribution >= 0.6 is 0 Å². The molecule has 1 aliphatic heterocycles. The van der Waals surface area contributed by atoms with E-state index in [0.717, 1.165) is 54.4 Å². The van der Waals surface area contributed by atoms with E-state index >= 15 is 0 Å². The fraction of sp³-hybridized carbons (Fsp3) is 0.500. The number of aliphatic imine (C=N–C) groups is 1. The smallest absolute Gasteiger partial charge is 0.193 e. The number of benzene rings is 1. The van der Waals surface area contributed by atoms with Crippen LogP contribution in [0.5, 0.6) is 0 Å². The molecule has 4 nitrogen and oxygen atoms in total. The van der Waals surface area contributed by atoms with Crippen LogP contribution in [0.3, 0.4) is 0 Å². The fourth-order valence-electron chi connectivity index (χ4n) is 3.38. The number of guanidine groups is 1. The molecule has 23 heavy (non-hydrogen) atoms. The predicted molar refractivity (Wildman–Crippen MR) is 93.3 cm³/mol. The summed E-state index contributed by atoms with van der Waals surface area (Å²) in [7, 11) is 1.84. The number of H-pyrrole nitrogens is 1. The summed E-state index contributed by atoms with van der Waals surface area (Å²) >= 11 is 0. The van der Waals surface area contributed by atoms with E-state index in [1.54, 1.807) is 12.1 Å². The number of halogens is 1. The molecule has 1 atom stereocenters. The molecular formula is C18H25FN4. The van der Waals surface area contributed by atoms with Crippen molar-refractivity contribution in [1.29, 1.82) is 0 Å². The zero-order chi connectivity index (χ0) is 16.2. The van der Waals surface area contributed by atoms with Gasteiger partial charge < -0.3 is 15.2 Å². The SMILES string of the molecule is CN=C(NCCc1c[nH]c2ccc(F)cc12)N1CCCC(C)C1. The zero-order valence-corrected chi connectivity index (χ0v) is 13.9. The van der Waals surface area contributed by atoms with Gasteiger partial charge in [-0.25, -0.2) is 4.39 Å². The number of piperidine rings is 1. The lowest BCUT2D eigenvalue weighted by atomic mass is 10.0. The summed E-state index contributed by atoms with van der Waals surface area (Å²) in [6.45, 7) is 5.22. The lowest BCUT2D eigenvalue weighted by molar-refractivity contribution is 0.266. The van der Waals surface area contributed by atoms with Crippen LogP contribution in [0, 0.1) is 11.7 Å². The molecule has 0 spiro atoms. The van der Waals surface area contributed by atoms with Gasteiger partial charge >= 0.3 is 0 Å². The Hall–Kier alpha value is -2.04. The quantitative estimate of drug-likeness (QED) is 0.675. The highest BCUT2D eigenvalue weighted by Crippen LogP contribution is 2.20. The van der Waals surface area contributed by atoms with E-state index in [2.05, 4.69) is 27.1 Å². The summed E-state index contributed by atoms with van der Waals surface area (Å²) in [4.78, 5) is 9.94. The second-order valence-corrected chi connectivity index (χ2v) is 6.42. The first kappa shape index (κ1) is 15.8. The molecule has 1 fully saturated rings. The molecule has 124 valence electrons. The predicted octanol–water partition coefficient (Wildman–Crippen LogP) is 3.16. The van der Waals surface area contributed by atoms with Gasteiger partial charge in [-0.15, -0.1) is 0 Å². The van der Waals surface area contributed by atoms with Crippen LogP contribution in [-0.4, -0.2) is 42.5 Å².